The molecule has 1 heterocycles. The maximum absolute atomic E-state index is 13.0. The quantitative estimate of drug-likeness (QED) is 0.303. The molecule has 0 atom stereocenters. The van der Waals surface area contributed by atoms with Crippen LogP contribution >= 0.6 is 31.9 Å². The molecule has 7 nitrogen and oxygen atoms in total. The Morgan fingerprint density at radius 2 is 1.74 bits per heavy atom. The summed E-state index contributed by atoms with van der Waals surface area (Å²) in [7, 11) is 0. The van der Waals surface area contributed by atoms with Gasteiger partial charge in [0, 0.05) is 8.95 Å². The van der Waals surface area contributed by atoms with Gasteiger partial charge in [-0.1, -0.05) is 44.5 Å². The van der Waals surface area contributed by atoms with Gasteiger partial charge in [0.15, 0.2) is 11.5 Å². The number of anilines is 1. The van der Waals surface area contributed by atoms with Gasteiger partial charge < -0.3 is 9.47 Å². The van der Waals surface area contributed by atoms with E-state index in [2.05, 4.69) is 43.8 Å². The second-order valence-electron chi connectivity index (χ2n) is 6.29. The summed E-state index contributed by atoms with van der Waals surface area (Å²) in [5, 5.41) is 2.21. The SMILES string of the molecule is C=CCOc1cc(Br)c(/C=C2\C(=O)NC(=O)N(c3ccc(Br)cc3)C2=O)cc1OCC. The number of imide groups is 2. The molecular weight excluding hydrogens is 532 g/mol. The molecule has 2 aromatic carbocycles. The van der Waals surface area contributed by atoms with Crippen molar-refractivity contribution in [2.45, 2.75) is 6.92 Å². The van der Waals surface area contributed by atoms with Crippen LogP contribution in [0, 0.1) is 0 Å². The number of benzene rings is 2. The molecule has 9 heteroatoms. The molecule has 0 saturated carbocycles. The van der Waals surface area contributed by atoms with Crippen molar-refractivity contribution >= 4 is 61.5 Å². The van der Waals surface area contributed by atoms with Crippen molar-refractivity contribution < 1.29 is 23.9 Å². The van der Waals surface area contributed by atoms with Gasteiger partial charge in [-0.2, -0.15) is 0 Å². The third-order valence-corrected chi connectivity index (χ3v) is 5.42. The summed E-state index contributed by atoms with van der Waals surface area (Å²) < 4.78 is 12.6. The van der Waals surface area contributed by atoms with Crippen molar-refractivity contribution in [3.05, 3.63) is 69.1 Å². The number of urea groups is 1. The molecular formula is C22H18Br2N2O5. The molecule has 1 aliphatic rings. The van der Waals surface area contributed by atoms with Gasteiger partial charge in [0.05, 0.1) is 12.3 Å². The topological polar surface area (TPSA) is 84.9 Å². The molecule has 0 unspecified atom stereocenters. The minimum Gasteiger partial charge on any atom is -0.490 e. The highest BCUT2D eigenvalue weighted by Crippen LogP contribution is 2.35. The van der Waals surface area contributed by atoms with E-state index < -0.39 is 17.8 Å². The highest BCUT2D eigenvalue weighted by Gasteiger charge is 2.37. The second kappa shape index (κ2) is 9.93. The summed E-state index contributed by atoms with van der Waals surface area (Å²) >= 11 is 6.75. The van der Waals surface area contributed by atoms with Gasteiger partial charge in [0.1, 0.15) is 12.2 Å². The molecule has 1 aliphatic heterocycles. The van der Waals surface area contributed by atoms with Gasteiger partial charge in [-0.3, -0.25) is 14.9 Å². The number of nitrogens with zero attached hydrogens (tertiary/aromatic N) is 1. The first kappa shape index (κ1) is 22.8. The Morgan fingerprint density at radius 3 is 2.39 bits per heavy atom. The predicted octanol–water partition coefficient (Wildman–Crippen LogP) is 4.84. The smallest absolute Gasteiger partial charge is 0.335 e. The number of halogens is 2. The second-order valence-corrected chi connectivity index (χ2v) is 8.06. The van der Waals surface area contributed by atoms with Crippen LogP contribution in [0.4, 0.5) is 10.5 Å². The number of nitrogens with one attached hydrogen (secondary N) is 1. The van der Waals surface area contributed by atoms with E-state index in [1.807, 2.05) is 6.92 Å². The van der Waals surface area contributed by atoms with Gasteiger partial charge >= 0.3 is 6.03 Å². The van der Waals surface area contributed by atoms with E-state index >= 15 is 0 Å². The first-order valence-corrected chi connectivity index (χ1v) is 10.8. The van der Waals surface area contributed by atoms with Crippen LogP contribution in [0.1, 0.15) is 12.5 Å². The molecule has 0 radical (unpaired) electrons. The fraction of sp³-hybridized carbons (Fsp3) is 0.136. The number of ether oxygens (including phenoxy) is 2. The summed E-state index contributed by atoms with van der Waals surface area (Å²) in [6.07, 6.45) is 3.01. The number of carbonyl (C=O) groups excluding carboxylic acids is 3. The van der Waals surface area contributed by atoms with Crippen molar-refractivity contribution in [2.75, 3.05) is 18.1 Å². The van der Waals surface area contributed by atoms with Crippen LogP contribution in [0.3, 0.4) is 0 Å². The lowest BCUT2D eigenvalue weighted by molar-refractivity contribution is -0.122. The lowest BCUT2D eigenvalue weighted by Gasteiger charge is -2.26. The molecule has 2 aromatic rings. The average molecular weight is 550 g/mol. The molecule has 0 aliphatic carbocycles. The highest BCUT2D eigenvalue weighted by atomic mass is 79.9. The molecule has 160 valence electrons. The van der Waals surface area contributed by atoms with Crippen molar-refractivity contribution in [3.63, 3.8) is 0 Å². The number of barbiturate groups is 1. The van der Waals surface area contributed by atoms with E-state index in [9.17, 15) is 14.4 Å². The van der Waals surface area contributed by atoms with Gasteiger partial charge in [0.25, 0.3) is 11.8 Å². The van der Waals surface area contributed by atoms with E-state index in [1.54, 1.807) is 42.5 Å². The average Bonchev–Trinajstić information content (AvgIpc) is 2.73. The van der Waals surface area contributed by atoms with Crippen LogP contribution in [0.25, 0.3) is 6.08 Å². The summed E-state index contributed by atoms with van der Waals surface area (Å²) in [4.78, 5) is 38.7. The number of amides is 4. The van der Waals surface area contributed by atoms with E-state index in [-0.39, 0.29) is 12.2 Å². The van der Waals surface area contributed by atoms with Crippen LogP contribution in [-0.4, -0.2) is 31.1 Å². The van der Waals surface area contributed by atoms with E-state index in [0.717, 1.165) is 9.37 Å². The maximum Gasteiger partial charge on any atom is 0.335 e. The van der Waals surface area contributed by atoms with Crippen LogP contribution in [0.15, 0.2) is 63.6 Å². The summed E-state index contributed by atoms with van der Waals surface area (Å²) in [6.45, 7) is 6.14. The highest BCUT2D eigenvalue weighted by molar-refractivity contribution is 9.10. The Kier molecular flexibility index (Phi) is 7.29. The lowest BCUT2D eigenvalue weighted by Crippen LogP contribution is -2.54. The lowest BCUT2D eigenvalue weighted by atomic mass is 10.1. The van der Waals surface area contributed by atoms with Crippen molar-refractivity contribution in [1.82, 2.24) is 5.32 Å². The Labute approximate surface area is 196 Å². The summed E-state index contributed by atoms with van der Waals surface area (Å²) in [5.41, 5.74) is 0.662. The van der Waals surface area contributed by atoms with Gasteiger partial charge in [-0.25, -0.2) is 9.69 Å². The number of rotatable bonds is 7. The number of hydrogen-bond donors (Lipinski definition) is 1. The van der Waals surface area contributed by atoms with Crippen LogP contribution in [-0.2, 0) is 9.59 Å². The first-order chi connectivity index (χ1) is 14.8. The molecule has 1 fully saturated rings. The summed E-state index contributed by atoms with van der Waals surface area (Å²) in [5.74, 6) is -0.570. The van der Waals surface area contributed by atoms with Crippen LogP contribution in [0.5, 0.6) is 11.5 Å². The molecule has 1 N–H and O–H groups in total. The van der Waals surface area contributed by atoms with Gasteiger partial charge in [-0.15, -0.1) is 0 Å². The minimum absolute atomic E-state index is 0.189. The standard InChI is InChI=1S/C22H18Br2N2O5/c1-3-9-31-19-12-17(24)13(11-18(19)30-4-2)10-16-20(27)25-22(29)26(21(16)28)15-7-5-14(23)6-8-15/h3,5-8,10-12H,1,4,9H2,2H3,(H,25,27,29)/b16-10+. The van der Waals surface area contributed by atoms with Crippen molar-refractivity contribution in [1.29, 1.82) is 0 Å². The Balaban J connectivity index is 2.02. The van der Waals surface area contributed by atoms with E-state index in [4.69, 9.17) is 9.47 Å². The third kappa shape index (κ3) is 5.05. The fourth-order valence-corrected chi connectivity index (χ4v) is 3.53. The van der Waals surface area contributed by atoms with Crippen molar-refractivity contribution in [3.8, 4) is 11.5 Å². The Bertz CT molecular complexity index is 1080. The van der Waals surface area contributed by atoms with Gasteiger partial charge in [0.2, 0.25) is 0 Å². The minimum atomic E-state index is -0.809. The zero-order valence-corrected chi connectivity index (χ0v) is 19.7. The zero-order chi connectivity index (χ0) is 22.5. The zero-order valence-electron chi connectivity index (χ0n) is 16.5. The largest absolute Gasteiger partial charge is 0.490 e. The molecule has 4 amide bonds. The molecule has 0 spiro atoms. The maximum atomic E-state index is 13.0. The van der Waals surface area contributed by atoms with E-state index in [0.29, 0.717) is 33.8 Å². The molecule has 3 rings (SSSR count). The number of hydrogen-bond acceptors (Lipinski definition) is 5. The Morgan fingerprint density at radius 1 is 1.06 bits per heavy atom. The van der Waals surface area contributed by atoms with Crippen LogP contribution in [0.2, 0.25) is 0 Å². The van der Waals surface area contributed by atoms with Crippen molar-refractivity contribution in [2.24, 2.45) is 0 Å². The normalized spacial score (nSPS) is 15.1. The van der Waals surface area contributed by atoms with Crippen LogP contribution < -0.4 is 19.7 Å². The molecule has 0 bridgehead atoms. The third-order valence-electron chi connectivity index (χ3n) is 4.21. The molecule has 0 aromatic heterocycles. The predicted molar refractivity (Wildman–Crippen MR) is 124 cm³/mol. The molecule has 31 heavy (non-hydrogen) atoms. The Hall–Kier alpha value is -2.91. The molecule has 1 saturated heterocycles. The number of carbonyl (C=O) groups is 3. The summed E-state index contributed by atoms with van der Waals surface area (Å²) in [6, 6.07) is 9.12. The van der Waals surface area contributed by atoms with E-state index in [1.165, 1.54) is 6.08 Å². The fourth-order valence-electron chi connectivity index (χ4n) is 2.83. The van der Waals surface area contributed by atoms with Gasteiger partial charge in [-0.05, 0) is 55.0 Å². The first-order valence-electron chi connectivity index (χ1n) is 9.22. The monoisotopic (exact) mass is 548 g/mol.